The Hall–Kier alpha value is -2.78. The van der Waals surface area contributed by atoms with Crippen molar-refractivity contribution in [2.75, 3.05) is 5.32 Å². The zero-order valence-electron chi connectivity index (χ0n) is 13.6. The summed E-state index contributed by atoms with van der Waals surface area (Å²) in [5.41, 5.74) is 0.630. The number of hydrogen-bond donors (Lipinski definition) is 1. The van der Waals surface area contributed by atoms with Gasteiger partial charge < -0.3 is 10.1 Å². The molecule has 3 aromatic rings. The van der Waals surface area contributed by atoms with E-state index in [2.05, 4.69) is 21.2 Å². The zero-order chi connectivity index (χ0) is 19.4. The molecular weight excluding hydrogens is 439 g/mol. The van der Waals surface area contributed by atoms with Crippen molar-refractivity contribution >= 4 is 44.5 Å². The molecule has 0 saturated carbocycles. The molecular formula is C18H12BrFN2O4S. The minimum atomic E-state index is -0.547. The fourth-order valence-corrected chi connectivity index (χ4v) is 3.36. The van der Waals surface area contributed by atoms with Crippen molar-refractivity contribution in [1.29, 1.82) is 0 Å². The van der Waals surface area contributed by atoms with E-state index >= 15 is 0 Å². The van der Waals surface area contributed by atoms with Crippen molar-refractivity contribution in [2.45, 2.75) is 6.61 Å². The molecule has 0 fully saturated rings. The monoisotopic (exact) mass is 450 g/mol. The minimum Gasteiger partial charge on any atom is -0.482 e. The van der Waals surface area contributed by atoms with E-state index in [-0.39, 0.29) is 23.7 Å². The van der Waals surface area contributed by atoms with Crippen LogP contribution in [0.3, 0.4) is 0 Å². The molecule has 0 unspecified atom stereocenters. The van der Waals surface area contributed by atoms with Gasteiger partial charge in [0.15, 0.2) is 5.75 Å². The number of carbonyl (C=O) groups excluding carboxylic acids is 1. The van der Waals surface area contributed by atoms with Gasteiger partial charge >= 0.3 is 5.69 Å². The number of ether oxygens (including phenoxy) is 1. The van der Waals surface area contributed by atoms with Crippen LogP contribution < -0.4 is 10.1 Å². The Morgan fingerprint density at radius 3 is 2.78 bits per heavy atom. The highest BCUT2D eigenvalue weighted by atomic mass is 79.9. The number of halogens is 2. The molecule has 9 heteroatoms. The summed E-state index contributed by atoms with van der Waals surface area (Å²) in [6.45, 7) is 0.0707. The average molecular weight is 451 g/mol. The molecule has 6 nitrogen and oxygen atoms in total. The van der Waals surface area contributed by atoms with Gasteiger partial charge in [0.05, 0.1) is 15.5 Å². The Morgan fingerprint density at radius 1 is 1.26 bits per heavy atom. The first-order chi connectivity index (χ1) is 12.9. The summed E-state index contributed by atoms with van der Waals surface area (Å²) in [5.74, 6) is -0.843. The van der Waals surface area contributed by atoms with Crippen LogP contribution in [0.25, 0.3) is 0 Å². The quantitative estimate of drug-likeness (QED) is 0.403. The van der Waals surface area contributed by atoms with Gasteiger partial charge in [-0.05, 0) is 35.7 Å². The van der Waals surface area contributed by atoms with E-state index in [9.17, 15) is 19.3 Å². The van der Waals surface area contributed by atoms with Gasteiger partial charge in [0.1, 0.15) is 12.4 Å². The van der Waals surface area contributed by atoms with Crippen molar-refractivity contribution in [2.24, 2.45) is 0 Å². The van der Waals surface area contributed by atoms with E-state index in [0.717, 1.165) is 0 Å². The van der Waals surface area contributed by atoms with Crippen molar-refractivity contribution in [3.8, 4) is 5.75 Å². The molecule has 1 N–H and O–H groups in total. The Balaban J connectivity index is 1.66. The Labute approximate surface area is 165 Å². The van der Waals surface area contributed by atoms with Crippen LogP contribution in [0.2, 0.25) is 0 Å². The molecule has 27 heavy (non-hydrogen) atoms. The predicted octanol–water partition coefficient (Wildman–Crippen LogP) is 5.39. The first-order valence-electron chi connectivity index (χ1n) is 7.64. The molecule has 1 amide bonds. The second kappa shape index (κ2) is 8.28. The first-order valence-corrected chi connectivity index (χ1v) is 9.31. The van der Waals surface area contributed by atoms with Crippen LogP contribution in [0.15, 0.2) is 58.4 Å². The fraction of sp³-hybridized carbons (Fsp3) is 0.0556. The summed E-state index contributed by atoms with van der Waals surface area (Å²) in [6.07, 6.45) is 0. The number of thiophene rings is 1. The van der Waals surface area contributed by atoms with Gasteiger partial charge in [-0.1, -0.05) is 28.1 Å². The second-order valence-corrected chi connectivity index (χ2v) is 7.24. The lowest BCUT2D eigenvalue weighted by Gasteiger charge is -2.06. The van der Waals surface area contributed by atoms with Crippen LogP contribution >= 0.6 is 27.3 Å². The van der Waals surface area contributed by atoms with Crippen LogP contribution in [0.5, 0.6) is 5.75 Å². The number of nitrogens with zero attached hydrogens (tertiary/aromatic N) is 1. The molecule has 2 aromatic carbocycles. The third kappa shape index (κ3) is 4.69. The van der Waals surface area contributed by atoms with E-state index < -0.39 is 16.6 Å². The molecule has 0 radical (unpaired) electrons. The van der Waals surface area contributed by atoms with E-state index in [1.165, 1.54) is 35.6 Å². The molecule has 0 aliphatic rings. The minimum absolute atomic E-state index is 0.0707. The Bertz CT molecular complexity index is 1010. The number of nitrogens with one attached hydrogen (secondary N) is 1. The molecule has 0 aliphatic heterocycles. The van der Waals surface area contributed by atoms with Gasteiger partial charge in [-0.3, -0.25) is 14.9 Å². The van der Waals surface area contributed by atoms with Gasteiger partial charge in [0, 0.05) is 16.1 Å². The molecule has 0 saturated heterocycles. The zero-order valence-corrected chi connectivity index (χ0v) is 16.1. The predicted molar refractivity (Wildman–Crippen MR) is 104 cm³/mol. The smallest absolute Gasteiger partial charge is 0.310 e. The molecule has 1 aromatic heterocycles. The lowest BCUT2D eigenvalue weighted by molar-refractivity contribution is -0.385. The maximum atomic E-state index is 13.8. The summed E-state index contributed by atoms with van der Waals surface area (Å²) < 4.78 is 19.9. The van der Waals surface area contributed by atoms with Crippen LogP contribution in [0.1, 0.15) is 15.2 Å². The summed E-state index contributed by atoms with van der Waals surface area (Å²) in [4.78, 5) is 23.1. The molecule has 0 bridgehead atoms. The summed E-state index contributed by atoms with van der Waals surface area (Å²) >= 11 is 4.33. The summed E-state index contributed by atoms with van der Waals surface area (Å²) in [5, 5.41) is 15.2. The van der Waals surface area contributed by atoms with Crippen LogP contribution in [-0.4, -0.2) is 10.8 Å². The highest BCUT2D eigenvalue weighted by Gasteiger charge is 2.15. The number of rotatable bonds is 6. The maximum Gasteiger partial charge on any atom is 0.310 e. The molecule has 0 atom stereocenters. The number of amides is 1. The largest absolute Gasteiger partial charge is 0.482 e. The number of nitro benzene ring substituents is 1. The summed E-state index contributed by atoms with van der Waals surface area (Å²) in [6, 6.07) is 12.0. The molecule has 3 rings (SSSR count). The SMILES string of the molecule is O=C(Nc1ccc(Br)cc1F)c1cc(COc2ccccc2[N+](=O)[O-])cs1. The van der Waals surface area contributed by atoms with Crippen molar-refractivity contribution in [1.82, 2.24) is 0 Å². The van der Waals surface area contributed by atoms with Gasteiger partial charge in [-0.25, -0.2) is 4.39 Å². The third-order valence-electron chi connectivity index (χ3n) is 3.51. The standard InChI is InChI=1S/C18H12BrFN2O4S/c19-12-5-6-14(13(20)8-12)21-18(23)17-7-11(10-27-17)9-26-16-4-2-1-3-15(16)22(24)25/h1-8,10H,9H2,(H,21,23). The van der Waals surface area contributed by atoms with Crippen molar-refractivity contribution < 1.29 is 18.8 Å². The van der Waals surface area contributed by atoms with Crippen LogP contribution in [-0.2, 0) is 6.61 Å². The number of nitro groups is 1. The van der Waals surface area contributed by atoms with E-state index in [1.54, 1.807) is 29.6 Å². The molecule has 138 valence electrons. The number of carbonyl (C=O) groups is 1. The molecule has 0 spiro atoms. The van der Waals surface area contributed by atoms with E-state index in [0.29, 0.717) is 14.9 Å². The Kier molecular flexibility index (Phi) is 5.82. The first kappa shape index (κ1) is 19.0. The highest BCUT2D eigenvalue weighted by molar-refractivity contribution is 9.10. The lowest BCUT2D eigenvalue weighted by atomic mass is 10.2. The molecule has 1 heterocycles. The average Bonchev–Trinajstić information content (AvgIpc) is 3.11. The van der Waals surface area contributed by atoms with E-state index in [1.807, 2.05) is 0 Å². The topological polar surface area (TPSA) is 81.5 Å². The second-order valence-electron chi connectivity index (χ2n) is 5.41. The van der Waals surface area contributed by atoms with Gasteiger partial charge in [0.25, 0.3) is 5.91 Å². The van der Waals surface area contributed by atoms with Gasteiger partial charge in [-0.2, -0.15) is 0 Å². The van der Waals surface area contributed by atoms with Gasteiger partial charge in [-0.15, -0.1) is 11.3 Å². The van der Waals surface area contributed by atoms with Crippen LogP contribution in [0, 0.1) is 15.9 Å². The van der Waals surface area contributed by atoms with Crippen molar-refractivity contribution in [3.63, 3.8) is 0 Å². The maximum absolute atomic E-state index is 13.8. The fourth-order valence-electron chi connectivity index (χ4n) is 2.24. The van der Waals surface area contributed by atoms with Gasteiger partial charge in [0.2, 0.25) is 0 Å². The van der Waals surface area contributed by atoms with Crippen LogP contribution in [0.4, 0.5) is 15.8 Å². The third-order valence-corrected chi connectivity index (χ3v) is 4.98. The highest BCUT2D eigenvalue weighted by Crippen LogP contribution is 2.27. The Morgan fingerprint density at radius 2 is 2.04 bits per heavy atom. The van der Waals surface area contributed by atoms with Crippen molar-refractivity contribution in [3.05, 3.63) is 84.8 Å². The van der Waals surface area contributed by atoms with E-state index in [4.69, 9.17) is 4.74 Å². The normalized spacial score (nSPS) is 10.4. The summed E-state index contributed by atoms with van der Waals surface area (Å²) in [7, 11) is 0. The molecule has 0 aliphatic carbocycles. The number of para-hydroxylation sites is 2. The number of hydrogen-bond acceptors (Lipinski definition) is 5. The lowest BCUT2D eigenvalue weighted by Crippen LogP contribution is -2.11. The number of anilines is 1. The number of benzene rings is 2.